The van der Waals surface area contributed by atoms with Crippen LogP contribution in [0, 0.1) is 11.6 Å². The Bertz CT molecular complexity index is 747. The van der Waals surface area contributed by atoms with E-state index in [4.69, 9.17) is 0 Å². The lowest BCUT2D eigenvalue weighted by molar-refractivity contribution is 0.123. The van der Waals surface area contributed by atoms with E-state index in [0.717, 1.165) is 23.4 Å². The SMILES string of the molecule is CNC(Cc1cc(F)cc(F)c1)C(O)CNC1(c2cccc(Br)c2)CC1. The molecule has 3 N–H and O–H groups in total. The average molecular weight is 425 g/mol. The van der Waals surface area contributed by atoms with Gasteiger partial charge in [0.25, 0.3) is 0 Å². The molecule has 1 saturated carbocycles. The van der Waals surface area contributed by atoms with E-state index in [2.05, 4.69) is 38.7 Å². The molecule has 3 rings (SSSR count). The largest absolute Gasteiger partial charge is 0.390 e. The van der Waals surface area contributed by atoms with Crippen LogP contribution in [0.15, 0.2) is 46.9 Å². The van der Waals surface area contributed by atoms with Gasteiger partial charge in [0.2, 0.25) is 0 Å². The molecule has 3 nitrogen and oxygen atoms in total. The molecule has 1 fully saturated rings. The van der Waals surface area contributed by atoms with Crippen LogP contribution < -0.4 is 10.6 Å². The number of nitrogens with one attached hydrogen (secondary N) is 2. The molecule has 0 heterocycles. The second-order valence-electron chi connectivity index (χ2n) is 6.92. The first-order chi connectivity index (χ1) is 12.4. The molecular weight excluding hydrogens is 402 g/mol. The second kappa shape index (κ2) is 8.13. The summed E-state index contributed by atoms with van der Waals surface area (Å²) >= 11 is 3.50. The topological polar surface area (TPSA) is 44.3 Å². The average Bonchev–Trinajstić information content (AvgIpc) is 3.38. The highest BCUT2D eigenvalue weighted by molar-refractivity contribution is 9.10. The van der Waals surface area contributed by atoms with Crippen molar-refractivity contribution < 1.29 is 13.9 Å². The molecule has 0 spiro atoms. The molecule has 2 aromatic carbocycles. The summed E-state index contributed by atoms with van der Waals surface area (Å²) in [6.07, 6.45) is 1.71. The summed E-state index contributed by atoms with van der Waals surface area (Å²) < 4.78 is 27.8. The summed E-state index contributed by atoms with van der Waals surface area (Å²) in [6, 6.07) is 11.3. The van der Waals surface area contributed by atoms with Gasteiger partial charge in [-0.2, -0.15) is 0 Å². The molecule has 1 aliphatic carbocycles. The zero-order valence-corrected chi connectivity index (χ0v) is 16.2. The quantitative estimate of drug-likeness (QED) is 0.607. The van der Waals surface area contributed by atoms with Gasteiger partial charge in [-0.1, -0.05) is 28.1 Å². The molecule has 0 aromatic heterocycles. The Labute approximate surface area is 160 Å². The number of likely N-dealkylation sites (N-methyl/N-ethyl adjacent to an activating group) is 1. The van der Waals surface area contributed by atoms with E-state index < -0.39 is 17.7 Å². The minimum absolute atomic E-state index is 0.0893. The van der Waals surface area contributed by atoms with E-state index in [1.54, 1.807) is 7.05 Å². The van der Waals surface area contributed by atoms with Gasteiger partial charge in [0.1, 0.15) is 11.6 Å². The summed E-state index contributed by atoms with van der Waals surface area (Å²) in [5.41, 5.74) is 1.63. The van der Waals surface area contributed by atoms with Crippen LogP contribution in [0.5, 0.6) is 0 Å². The van der Waals surface area contributed by atoms with Crippen LogP contribution in [0.25, 0.3) is 0 Å². The maximum absolute atomic E-state index is 13.4. The molecule has 26 heavy (non-hydrogen) atoms. The van der Waals surface area contributed by atoms with Crippen molar-refractivity contribution in [1.82, 2.24) is 10.6 Å². The van der Waals surface area contributed by atoms with Crippen LogP contribution in [0.3, 0.4) is 0 Å². The van der Waals surface area contributed by atoms with Gasteiger partial charge in [-0.15, -0.1) is 0 Å². The van der Waals surface area contributed by atoms with E-state index in [0.29, 0.717) is 18.5 Å². The molecule has 2 aromatic rings. The number of hydrogen-bond donors (Lipinski definition) is 3. The molecule has 0 amide bonds. The van der Waals surface area contributed by atoms with Crippen molar-refractivity contribution in [2.75, 3.05) is 13.6 Å². The molecule has 1 aliphatic rings. The number of halogens is 3. The Morgan fingerprint density at radius 1 is 1.15 bits per heavy atom. The van der Waals surface area contributed by atoms with E-state index in [-0.39, 0.29) is 11.6 Å². The molecule has 2 atom stereocenters. The van der Waals surface area contributed by atoms with Gasteiger partial charge >= 0.3 is 0 Å². The molecule has 0 aliphatic heterocycles. The van der Waals surface area contributed by atoms with Gasteiger partial charge in [0.05, 0.1) is 6.10 Å². The van der Waals surface area contributed by atoms with Crippen LogP contribution in [0.4, 0.5) is 8.78 Å². The summed E-state index contributed by atoms with van der Waals surface area (Å²) in [5, 5.41) is 17.1. The van der Waals surface area contributed by atoms with Gasteiger partial charge in [-0.25, -0.2) is 8.78 Å². The van der Waals surface area contributed by atoms with Gasteiger partial charge in [0.15, 0.2) is 0 Å². The summed E-state index contributed by atoms with van der Waals surface area (Å²) in [6.45, 7) is 0.399. The molecule has 140 valence electrons. The third kappa shape index (κ3) is 4.68. The minimum atomic E-state index is -0.684. The van der Waals surface area contributed by atoms with Gasteiger partial charge < -0.3 is 15.7 Å². The first kappa shape index (κ1) is 19.4. The van der Waals surface area contributed by atoms with Gasteiger partial charge in [-0.3, -0.25) is 0 Å². The van der Waals surface area contributed by atoms with Crippen molar-refractivity contribution in [3.63, 3.8) is 0 Å². The lowest BCUT2D eigenvalue weighted by Crippen LogP contribution is -2.47. The number of hydrogen-bond acceptors (Lipinski definition) is 3. The fourth-order valence-electron chi connectivity index (χ4n) is 3.33. The number of aliphatic hydroxyl groups is 1. The first-order valence-electron chi connectivity index (χ1n) is 8.73. The normalized spacial score (nSPS) is 17.7. The monoisotopic (exact) mass is 424 g/mol. The predicted molar refractivity (Wildman–Crippen MR) is 102 cm³/mol. The van der Waals surface area contributed by atoms with Crippen LogP contribution in [0.1, 0.15) is 24.0 Å². The Morgan fingerprint density at radius 3 is 2.42 bits per heavy atom. The number of rotatable bonds is 8. The third-order valence-corrected chi connectivity index (χ3v) is 5.48. The van der Waals surface area contributed by atoms with Crippen LogP contribution >= 0.6 is 15.9 Å². The zero-order valence-electron chi connectivity index (χ0n) is 14.6. The molecule has 6 heteroatoms. The number of aliphatic hydroxyl groups excluding tert-OH is 1. The summed E-state index contributed by atoms with van der Waals surface area (Å²) in [4.78, 5) is 0. The minimum Gasteiger partial charge on any atom is -0.390 e. The smallest absolute Gasteiger partial charge is 0.126 e. The fourth-order valence-corrected chi connectivity index (χ4v) is 3.73. The van der Waals surface area contributed by atoms with Gasteiger partial charge in [0, 0.05) is 28.7 Å². The number of benzene rings is 2. The van der Waals surface area contributed by atoms with E-state index >= 15 is 0 Å². The Balaban J connectivity index is 1.62. The first-order valence-corrected chi connectivity index (χ1v) is 9.52. The molecule has 2 unspecified atom stereocenters. The van der Waals surface area contributed by atoms with Crippen LogP contribution in [-0.4, -0.2) is 30.8 Å². The Morgan fingerprint density at radius 2 is 1.85 bits per heavy atom. The lowest BCUT2D eigenvalue weighted by atomic mass is 9.99. The standard InChI is InChI=1S/C20H23BrF2N2O/c1-24-18(9-13-7-16(22)11-17(23)8-13)19(26)12-25-20(5-6-20)14-3-2-4-15(21)10-14/h2-4,7-8,10-11,18-19,24-26H,5-6,9,12H2,1H3. The van der Waals surface area contributed by atoms with Crippen molar-refractivity contribution in [3.05, 3.63) is 69.7 Å². The van der Waals surface area contributed by atoms with Crippen molar-refractivity contribution in [3.8, 4) is 0 Å². The lowest BCUT2D eigenvalue weighted by Gasteiger charge is -2.26. The molecule has 0 saturated heterocycles. The van der Waals surface area contributed by atoms with E-state index in [1.807, 2.05) is 12.1 Å². The molecule has 0 bridgehead atoms. The summed E-state index contributed by atoms with van der Waals surface area (Å²) in [5.74, 6) is -1.21. The van der Waals surface area contributed by atoms with Crippen molar-refractivity contribution in [2.45, 2.75) is 36.9 Å². The fraction of sp³-hybridized carbons (Fsp3) is 0.400. The van der Waals surface area contributed by atoms with Crippen molar-refractivity contribution >= 4 is 15.9 Å². The van der Waals surface area contributed by atoms with Gasteiger partial charge in [-0.05, 0) is 61.7 Å². The van der Waals surface area contributed by atoms with E-state index in [1.165, 1.54) is 17.7 Å². The highest BCUT2D eigenvalue weighted by Crippen LogP contribution is 2.45. The molecule has 0 radical (unpaired) electrons. The summed E-state index contributed by atoms with van der Waals surface area (Å²) in [7, 11) is 1.74. The highest BCUT2D eigenvalue weighted by atomic mass is 79.9. The predicted octanol–water partition coefficient (Wildman–Crippen LogP) is 3.50. The zero-order chi connectivity index (χ0) is 18.7. The Hall–Kier alpha value is -1.34. The molecular formula is C20H23BrF2N2O. The van der Waals surface area contributed by atoms with E-state index in [9.17, 15) is 13.9 Å². The Kier molecular flexibility index (Phi) is 6.07. The maximum Gasteiger partial charge on any atom is 0.126 e. The van der Waals surface area contributed by atoms with Crippen LogP contribution in [0.2, 0.25) is 0 Å². The second-order valence-corrected chi connectivity index (χ2v) is 7.83. The van der Waals surface area contributed by atoms with Crippen LogP contribution in [-0.2, 0) is 12.0 Å². The maximum atomic E-state index is 13.4. The van der Waals surface area contributed by atoms with Crippen molar-refractivity contribution in [1.29, 1.82) is 0 Å². The highest BCUT2D eigenvalue weighted by Gasteiger charge is 2.44. The van der Waals surface area contributed by atoms with Crippen molar-refractivity contribution in [2.24, 2.45) is 0 Å². The third-order valence-electron chi connectivity index (χ3n) is 4.99.